The van der Waals surface area contributed by atoms with Crippen molar-refractivity contribution in [3.05, 3.63) is 81.9 Å². The van der Waals surface area contributed by atoms with Gasteiger partial charge in [-0.15, -0.1) is 23.5 Å². The molecule has 1 aliphatic heterocycles. The highest BCUT2D eigenvalue weighted by molar-refractivity contribution is 8.19. The first-order valence-corrected chi connectivity index (χ1v) is 10.4. The molecule has 2 atom stereocenters. The Labute approximate surface area is 160 Å². The number of thioether (sulfide) groups is 2. The first kappa shape index (κ1) is 17.2. The van der Waals surface area contributed by atoms with E-state index < -0.39 is 0 Å². The zero-order valence-corrected chi connectivity index (χ0v) is 16.0. The van der Waals surface area contributed by atoms with Gasteiger partial charge in [0.15, 0.2) is 0 Å². The first-order chi connectivity index (χ1) is 12.7. The molecular formula is C20H18N3OS2+. The Morgan fingerprint density at radius 1 is 1.27 bits per heavy atom. The molecule has 1 aromatic carbocycles. The molecule has 130 valence electrons. The van der Waals surface area contributed by atoms with Crippen LogP contribution in [0, 0.1) is 11.3 Å². The van der Waals surface area contributed by atoms with Crippen LogP contribution < -0.4 is 10.1 Å². The molecule has 0 bridgehead atoms. The molecular weight excluding hydrogens is 362 g/mol. The summed E-state index contributed by atoms with van der Waals surface area (Å²) in [5.74, 6) is 1.07. The molecule has 6 heteroatoms. The second-order valence-corrected chi connectivity index (χ2v) is 9.35. The Balaban J connectivity index is 1.81. The highest BCUT2D eigenvalue weighted by atomic mass is 32.2. The third-order valence-corrected chi connectivity index (χ3v) is 7.76. The van der Waals surface area contributed by atoms with Gasteiger partial charge in [0, 0.05) is 17.1 Å². The Bertz CT molecular complexity index is 1050. The van der Waals surface area contributed by atoms with Crippen LogP contribution >= 0.6 is 23.5 Å². The molecule has 3 aromatic rings. The number of nitriles is 1. The van der Waals surface area contributed by atoms with Gasteiger partial charge < -0.3 is 0 Å². The van der Waals surface area contributed by atoms with Crippen LogP contribution in [0.25, 0.3) is 5.65 Å². The summed E-state index contributed by atoms with van der Waals surface area (Å²) in [5.41, 5.74) is 3.54. The predicted octanol–water partition coefficient (Wildman–Crippen LogP) is 3.37. The van der Waals surface area contributed by atoms with Crippen molar-refractivity contribution < 1.29 is 4.57 Å². The zero-order valence-electron chi connectivity index (χ0n) is 14.3. The molecule has 1 aliphatic rings. The molecule has 4 rings (SSSR count). The van der Waals surface area contributed by atoms with Crippen LogP contribution in [-0.4, -0.2) is 15.4 Å². The highest BCUT2D eigenvalue weighted by Crippen LogP contribution is 2.47. The van der Waals surface area contributed by atoms with E-state index in [-0.39, 0.29) is 10.1 Å². The van der Waals surface area contributed by atoms with Crippen LogP contribution in [0.3, 0.4) is 0 Å². The van der Waals surface area contributed by atoms with Gasteiger partial charge in [-0.25, -0.2) is 9.36 Å². The molecule has 3 heterocycles. The molecule has 1 saturated heterocycles. The number of hydrogen-bond donors (Lipinski definition) is 0. The quantitative estimate of drug-likeness (QED) is 0.654. The lowest BCUT2D eigenvalue weighted by atomic mass is 10.1. The molecule has 0 aliphatic carbocycles. The summed E-state index contributed by atoms with van der Waals surface area (Å²) >= 11 is 3.71. The second-order valence-electron chi connectivity index (χ2n) is 6.37. The van der Waals surface area contributed by atoms with Gasteiger partial charge in [0.2, 0.25) is 0 Å². The highest BCUT2D eigenvalue weighted by Gasteiger charge is 2.30. The molecule has 0 radical (unpaired) electrons. The van der Waals surface area contributed by atoms with Crippen molar-refractivity contribution in [3.8, 4) is 6.07 Å². The minimum atomic E-state index is 0.0655. The first-order valence-electron chi connectivity index (χ1n) is 8.45. The van der Waals surface area contributed by atoms with Crippen molar-refractivity contribution in [3.63, 3.8) is 0 Å². The van der Waals surface area contributed by atoms with E-state index in [1.165, 1.54) is 0 Å². The fourth-order valence-corrected chi connectivity index (χ4v) is 6.30. The Morgan fingerprint density at radius 2 is 2.08 bits per heavy atom. The van der Waals surface area contributed by atoms with Crippen LogP contribution in [0.1, 0.15) is 28.2 Å². The van der Waals surface area contributed by atoms with Crippen molar-refractivity contribution in [2.45, 2.75) is 23.3 Å². The fraction of sp³-hybridized carbons (Fsp3) is 0.250. The van der Waals surface area contributed by atoms with E-state index in [2.05, 4.69) is 17.6 Å². The van der Waals surface area contributed by atoms with Crippen molar-refractivity contribution in [1.82, 2.24) is 4.40 Å². The molecule has 2 unspecified atom stereocenters. The average molecular weight is 381 g/mol. The van der Waals surface area contributed by atoms with Crippen molar-refractivity contribution >= 4 is 29.2 Å². The van der Waals surface area contributed by atoms with Crippen LogP contribution in [-0.2, 0) is 6.54 Å². The average Bonchev–Trinajstić information content (AvgIpc) is 3.11. The summed E-state index contributed by atoms with van der Waals surface area (Å²) in [4.78, 5) is 13.0. The summed E-state index contributed by atoms with van der Waals surface area (Å²) < 4.78 is 4.05. The molecule has 0 amide bonds. The largest absolute Gasteiger partial charge is 0.347 e. The van der Waals surface area contributed by atoms with Crippen molar-refractivity contribution in [2.75, 3.05) is 5.75 Å². The molecule has 1 fully saturated rings. The normalized spacial score (nSPS) is 19.5. The van der Waals surface area contributed by atoms with E-state index in [4.69, 9.17) is 5.26 Å². The Kier molecular flexibility index (Phi) is 4.75. The third-order valence-electron chi connectivity index (χ3n) is 4.42. The molecule has 0 N–H and O–H groups in total. The van der Waals surface area contributed by atoms with E-state index in [0.29, 0.717) is 17.4 Å². The van der Waals surface area contributed by atoms with Gasteiger partial charge in [-0.3, -0.25) is 0 Å². The number of rotatable bonds is 3. The number of nitrogens with zero attached hydrogens (tertiary/aromatic N) is 3. The van der Waals surface area contributed by atoms with Crippen molar-refractivity contribution in [2.24, 2.45) is 0 Å². The lowest BCUT2D eigenvalue weighted by Crippen LogP contribution is -2.41. The van der Waals surface area contributed by atoms with Gasteiger partial charge in [-0.05, 0) is 23.8 Å². The van der Waals surface area contributed by atoms with Gasteiger partial charge in [-0.1, -0.05) is 25.1 Å². The van der Waals surface area contributed by atoms with Gasteiger partial charge >= 0.3 is 5.56 Å². The van der Waals surface area contributed by atoms with E-state index in [9.17, 15) is 4.79 Å². The summed E-state index contributed by atoms with van der Waals surface area (Å²) in [5, 5.41) is 9.53. The SMILES string of the molecule is CC1CSC(c2c[n+](Cc3ccc(C#N)cc3)c3ccccn3c2=O)S1. The second kappa shape index (κ2) is 7.18. The maximum Gasteiger partial charge on any atom is 0.347 e. The van der Waals surface area contributed by atoms with Crippen LogP contribution in [0.15, 0.2) is 59.7 Å². The zero-order chi connectivity index (χ0) is 18.1. The number of benzene rings is 1. The maximum atomic E-state index is 13.0. The standard InChI is InChI=1S/C20H18N3OS2/c1-14-13-25-20(26-14)17-12-22(11-16-7-5-15(10-21)6-8-16)18-4-2-3-9-23(18)19(17)24/h2-9,12,14,20H,11,13H2,1H3/q+1. The van der Waals surface area contributed by atoms with Gasteiger partial charge in [-0.2, -0.15) is 9.66 Å². The summed E-state index contributed by atoms with van der Waals surface area (Å²) in [6, 6.07) is 15.6. The molecule has 4 nitrogen and oxygen atoms in total. The molecule has 0 spiro atoms. The van der Waals surface area contributed by atoms with Gasteiger partial charge in [0.25, 0.3) is 5.65 Å². The van der Waals surface area contributed by atoms with Crippen molar-refractivity contribution in [1.29, 1.82) is 5.26 Å². The van der Waals surface area contributed by atoms with E-state index in [0.717, 1.165) is 22.5 Å². The van der Waals surface area contributed by atoms with Crippen LogP contribution in [0.5, 0.6) is 0 Å². The van der Waals surface area contributed by atoms with Gasteiger partial charge in [0.05, 0.1) is 22.4 Å². The topological polar surface area (TPSA) is 49.1 Å². The summed E-state index contributed by atoms with van der Waals surface area (Å²) in [6.45, 7) is 2.87. The smallest absolute Gasteiger partial charge is 0.240 e. The molecule has 0 saturated carbocycles. The lowest BCUT2D eigenvalue weighted by molar-refractivity contribution is -0.666. The maximum absolute atomic E-state index is 13.0. The predicted molar refractivity (Wildman–Crippen MR) is 106 cm³/mol. The van der Waals surface area contributed by atoms with E-state index in [1.54, 1.807) is 4.40 Å². The lowest BCUT2D eigenvalue weighted by Gasteiger charge is -2.10. The van der Waals surface area contributed by atoms with Crippen LogP contribution in [0.2, 0.25) is 0 Å². The fourth-order valence-electron chi connectivity index (χ4n) is 3.11. The summed E-state index contributed by atoms with van der Waals surface area (Å²) in [7, 11) is 0. The monoisotopic (exact) mass is 380 g/mol. The Morgan fingerprint density at radius 3 is 2.77 bits per heavy atom. The molecule has 2 aromatic heterocycles. The minimum Gasteiger partial charge on any atom is -0.240 e. The Hall–Kier alpha value is -2.23. The van der Waals surface area contributed by atoms with Crippen LogP contribution in [0.4, 0.5) is 0 Å². The van der Waals surface area contributed by atoms with E-state index >= 15 is 0 Å². The molecule has 26 heavy (non-hydrogen) atoms. The number of fused-ring (bicyclic) bond motifs is 1. The number of pyridine rings is 1. The van der Waals surface area contributed by atoms with E-state index in [1.807, 2.05) is 78.4 Å². The van der Waals surface area contributed by atoms with Gasteiger partial charge in [0.1, 0.15) is 18.3 Å². The number of hydrogen-bond acceptors (Lipinski definition) is 4. The number of aromatic nitrogens is 2. The minimum absolute atomic E-state index is 0.0655. The third kappa shape index (κ3) is 3.25. The summed E-state index contributed by atoms with van der Waals surface area (Å²) in [6.07, 6.45) is 3.85.